The third-order valence-corrected chi connectivity index (χ3v) is 13.4. The fraction of sp³-hybridized carbons (Fsp3) is 0.689. The number of fused-ring (bicyclic) bond motifs is 8. The lowest BCUT2D eigenvalue weighted by atomic mass is 9.48. The maximum atomic E-state index is 14.3. The van der Waals surface area contributed by atoms with E-state index in [4.69, 9.17) is 33.2 Å². The van der Waals surface area contributed by atoms with Gasteiger partial charge in [-0.25, -0.2) is 14.4 Å². The Morgan fingerprint density at radius 2 is 1.73 bits per heavy atom. The number of hydrogen-bond acceptors (Lipinski definition) is 14. The van der Waals surface area contributed by atoms with Gasteiger partial charge in [0, 0.05) is 25.3 Å². The first-order valence-corrected chi connectivity index (χ1v) is 21.1. The van der Waals surface area contributed by atoms with Gasteiger partial charge in [0.05, 0.1) is 30.2 Å². The molecule has 0 aromatic heterocycles. The standard InChI is InChI=1S/C45H62N2O13/c1-24-28(55-39(51)32(49)35(41(4,5)6)46-40(52)60-42(7,8)9)21-44(53)25(2)31(24)33-36(57-30(56-33)22-47-19-14-20-47)43(10)18-17-29-45(23-54-29,59-26(3)48)34(43)37(44)58-38(50)27-15-12-11-13-16-27/h11-13,15-16,28-30,32-37,49,53H,2,14,17-23H2,1,3-10H3,(H,46,52)/t28-,29+,30+,32+,33+,34-,35+,36+,37-,43+,44-,45-/m0/s1. The van der Waals surface area contributed by atoms with Crippen LogP contribution in [0.1, 0.15) is 98.4 Å². The molecule has 3 aliphatic carbocycles. The Labute approximate surface area is 352 Å². The Kier molecular flexibility index (Phi) is 11.6. The number of amides is 1. The van der Waals surface area contributed by atoms with E-state index in [0.717, 1.165) is 19.5 Å². The lowest BCUT2D eigenvalue weighted by Gasteiger charge is -2.66. The highest BCUT2D eigenvalue weighted by Gasteiger charge is 2.75. The highest BCUT2D eigenvalue weighted by molar-refractivity contribution is 5.89. The summed E-state index contributed by atoms with van der Waals surface area (Å²) in [5.74, 6) is -3.32. The van der Waals surface area contributed by atoms with E-state index in [0.29, 0.717) is 30.5 Å². The van der Waals surface area contributed by atoms with Gasteiger partial charge in [-0.15, -0.1) is 0 Å². The van der Waals surface area contributed by atoms with Crippen LogP contribution in [0.4, 0.5) is 4.79 Å². The topological polar surface area (TPSA) is 189 Å². The number of ether oxygens (including phenoxy) is 7. The summed E-state index contributed by atoms with van der Waals surface area (Å²) in [5.41, 5.74) is -4.81. The van der Waals surface area contributed by atoms with Crippen molar-refractivity contribution < 1.29 is 62.5 Å². The molecule has 0 unspecified atom stereocenters. The summed E-state index contributed by atoms with van der Waals surface area (Å²) < 4.78 is 44.4. The average molecular weight is 839 g/mol. The highest BCUT2D eigenvalue weighted by Crippen LogP contribution is 2.64. The molecule has 1 aromatic carbocycles. The molecule has 2 bridgehead atoms. The minimum atomic E-state index is -2.16. The number of likely N-dealkylation sites (tertiary alicyclic amines) is 1. The second-order valence-corrected chi connectivity index (χ2v) is 19.8. The average Bonchev–Trinajstić information content (AvgIpc) is 3.55. The summed E-state index contributed by atoms with van der Waals surface area (Å²) in [5, 5.41) is 27.8. The second-order valence-electron chi connectivity index (χ2n) is 19.8. The summed E-state index contributed by atoms with van der Waals surface area (Å²) in [6, 6.07) is 7.21. The van der Waals surface area contributed by atoms with Gasteiger partial charge in [-0.05, 0) is 94.3 Å². The number of aliphatic hydroxyl groups excluding tert-OH is 1. The van der Waals surface area contributed by atoms with Crippen LogP contribution in [0, 0.1) is 16.7 Å². The van der Waals surface area contributed by atoms with E-state index in [-0.39, 0.29) is 24.2 Å². The molecule has 12 atom stereocenters. The number of carbonyl (C=O) groups is 4. The third-order valence-electron chi connectivity index (χ3n) is 13.4. The monoisotopic (exact) mass is 838 g/mol. The van der Waals surface area contributed by atoms with E-state index in [2.05, 4.69) is 16.8 Å². The molecule has 330 valence electrons. The van der Waals surface area contributed by atoms with Crippen molar-refractivity contribution in [1.29, 1.82) is 0 Å². The van der Waals surface area contributed by atoms with Crippen molar-refractivity contribution in [2.45, 2.75) is 154 Å². The fourth-order valence-electron chi connectivity index (χ4n) is 10.3. The zero-order chi connectivity index (χ0) is 43.7. The van der Waals surface area contributed by atoms with Crippen LogP contribution in [0.3, 0.4) is 0 Å². The molecule has 5 fully saturated rings. The molecule has 7 rings (SSSR count). The molecular weight excluding hydrogens is 776 g/mol. The zero-order valence-corrected chi connectivity index (χ0v) is 36.3. The van der Waals surface area contributed by atoms with E-state index in [1.54, 1.807) is 78.8 Å². The molecule has 2 saturated carbocycles. The molecule has 3 aliphatic heterocycles. The van der Waals surface area contributed by atoms with Gasteiger partial charge >= 0.3 is 24.0 Å². The van der Waals surface area contributed by atoms with E-state index in [1.807, 2.05) is 6.92 Å². The van der Waals surface area contributed by atoms with Gasteiger partial charge in [-0.1, -0.05) is 52.5 Å². The van der Waals surface area contributed by atoms with Crippen molar-refractivity contribution >= 4 is 24.0 Å². The van der Waals surface area contributed by atoms with Gasteiger partial charge in [0.25, 0.3) is 0 Å². The van der Waals surface area contributed by atoms with Crippen molar-refractivity contribution in [2.75, 3.05) is 26.2 Å². The van der Waals surface area contributed by atoms with Gasteiger partial charge in [0.2, 0.25) is 0 Å². The maximum Gasteiger partial charge on any atom is 0.407 e. The molecule has 15 nitrogen and oxygen atoms in total. The smallest absolute Gasteiger partial charge is 0.407 e. The molecule has 0 radical (unpaired) electrons. The van der Waals surface area contributed by atoms with Crippen LogP contribution in [0.5, 0.6) is 0 Å². The summed E-state index contributed by atoms with van der Waals surface area (Å²) in [7, 11) is 0. The molecule has 6 aliphatic rings. The maximum absolute atomic E-state index is 14.3. The van der Waals surface area contributed by atoms with Crippen LogP contribution < -0.4 is 5.32 Å². The number of carbonyl (C=O) groups excluding carboxylic acids is 4. The lowest BCUT2D eigenvalue weighted by Crippen LogP contribution is -2.78. The van der Waals surface area contributed by atoms with Gasteiger partial charge in [0.15, 0.2) is 18.0 Å². The van der Waals surface area contributed by atoms with Crippen LogP contribution in [0.15, 0.2) is 53.6 Å². The Morgan fingerprint density at radius 3 is 2.30 bits per heavy atom. The van der Waals surface area contributed by atoms with Crippen molar-refractivity contribution in [3.63, 3.8) is 0 Å². The molecule has 3 heterocycles. The summed E-state index contributed by atoms with van der Waals surface area (Å²) in [6.07, 6.45) is -6.57. The largest absolute Gasteiger partial charge is 0.456 e. The Morgan fingerprint density at radius 1 is 1.05 bits per heavy atom. The molecule has 1 aromatic rings. The molecule has 1 amide bonds. The van der Waals surface area contributed by atoms with Crippen LogP contribution in [-0.2, 0) is 42.7 Å². The molecule has 15 heteroatoms. The minimum absolute atomic E-state index is 0.0277. The number of esters is 3. The minimum Gasteiger partial charge on any atom is -0.456 e. The van der Waals surface area contributed by atoms with E-state index in [1.165, 1.54) is 6.92 Å². The number of hydrogen-bond donors (Lipinski definition) is 3. The quantitative estimate of drug-likeness (QED) is 0.235. The van der Waals surface area contributed by atoms with Crippen molar-refractivity contribution in [3.05, 3.63) is 59.2 Å². The Hall–Kier alpha value is -3.86. The van der Waals surface area contributed by atoms with Crippen molar-refractivity contribution in [3.8, 4) is 0 Å². The molecule has 3 saturated heterocycles. The highest BCUT2D eigenvalue weighted by atomic mass is 16.7. The van der Waals surface area contributed by atoms with Gasteiger partial charge in [-0.3, -0.25) is 9.69 Å². The summed E-state index contributed by atoms with van der Waals surface area (Å²) in [6.45, 7) is 22.1. The van der Waals surface area contributed by atoms with E-state index in [9.17, 15) is 29.4 Å². The third kappa shape index (κ3) is 7.90. The predicted molar refractivity (Wildman–Crippen MR) is 215 cm³/mol. The number of alkyl carbamates (subject to hydrolysis) is 1. The van der Waals surface area contributed by atoms with Crippen molar-refractivity contribution in [2.24, 2.45) is 16.7 Å². The zero-order valence-electron chi connectivity index (χ0n) is 36.3. The van der Waals surface area contributed by atoms with Crippen molar-refractivity contribution in [1.82, 2.24) is 10.2 Å². The molecule has 60 heavy (non-hydrogen) atoms. The van der Waals surface area contributed by atoms with Crippen LogP contribution in [0.2, 0.25) is 0 Å². The normalized spacial score (nSPS) is 36.0. The lowest BCUT2D eigenvalue weighted by molar-refractivity contribution is -0.337. The van der Waals surface area contributed by atoms with Gasteiger partial charge in [0.1, 0.15) is 35.6 Å². The van der Waals surface area contributed by atoms with Crippen LogP contribution >= 0.6 is 0 Å². The van der Waals surface area contributed by atoms with E-state index >= 15 is 0 Å². The fourth-order valence-corrected chi connectivity index (χ4v) is 10.3. The number of nitrogens with zero attached hydrogens (tertiary/aromatic N) is 1. The van der Waals surface area contributed by atoms with E-state index < -0.39 is 107 Å². The SMILES string of the molecule is C=C1C2=C(C)[C@@H](OC(=O)[C@H](O)[C@@H](NC(=O)OC(C)(C)C)C(C)(C)C)C[C@@]1(O)[C@@H](OC(=O)c1ccccc1)[C@H]1[C@@](C)(CC[C@H]3OC[C@]31OC(C)=O)[C@@H]1O[C@H](CN3CCC3)O[C@H]21. The first-order chi connectivity index (χ1) is 28.0. The number of rotatable bonds is 9. The summed E-state index contributed by atoms with van der Waals surface area (Å²) in [4.78, 5) is 56.7. The number of nitrogens with one attached hydrogen (secondary N) is 1. The number of benzene rings is 1. The first-order valence-electron chi connectivity index (χ1n) is 21.1. The van der Waals surface area contributed by atoms with Crippen LogP contribution in [-0.4, -0.2) is 131 Å². The second kappa shape index (κ2) is 15.8. The predicted octanol–water partition coefficient (Wildman–Crippen LogP) is 4.38. The number of aliphatic hydroxyl groups is 2. The Balaban J connectivity index is 1.35. The molecule has 0 spiro atoms. The van der Waals surface area contributed by atoms with Gasteiger partial charge < -0.3 is 48.7 Å². The molecule has 3 N–H and O–H groups in total. The molecular formula is C45H62N2O13. The van der Waals surface area contributed by atoms with Gasteiger partial charge in [-0.2, -0.15) is 0 Å². The first kappa shape index (κ1) is 44.2. The summed E-state index contributed by atoms with van der Waals surface area (Å²) >= 11 is 0. The Bertz CT molecular complexity index is 1900. The van der Waals surface area contributed by atoms with Crippen LogP contribution in [0.25, 0.3) is 0 Å².